The van der Waals surface area contributed by atoms with Crippen LogP contribution in [0.4, 0.5) is 0 Å². The summed E-state index contributed by atoms with van der Waals surface area (Å²) in [5, 5.41) is 17.2. The lowest BCUT2D eigenvalue weighted by Gasteiger charge is -2.15. The first-order chi connectivity index (χ1) is 13.4. The van der Waals surface area contributed by atoms with Crippen LogP contribution in [0.15, 0.2) is 91.3 Å². The molecule has 5 aromatic carbocycles. The van der Waals surface area contributed by atoms with Crippen molar-refractivity contribution in [3.63, 3.8) is 0 Å². The van der Waals surface area contributed by atoms with Crippen molar-refractivity contribution in [3.8, 4) is 0 Å². The molecule has 0 amide bonds. The molecule has 2 N–H and O–H groups in total. The third-order valence-corrected chi connectivity index (χ3v) is 5.67. The molecule has 0 bridgehead atoms. The molecule has 0 saturated carbocycles. The lowest BCUT2D eigenvalue weighted by molar-refractivity contribution is 0.608. The van der Waals surface area contributed by atoms with Gasteiger partial charge in [0.05, 0.1) is 0 Å². The number of benzene rings is 5. The zero-order valence-corrected chi connectivity index (χ0v) is 14.7. The average Bonchev–Trinajstić information content (AvgIpc) is 3.27. The van der Waals surface area contributed by atoms with E-state index in [0.29, 0.717) is 0 Å². The molecule has 0 fully saturated rings. The third-order valence-electron chi connectivity index (χ3n) is 5.67. The maximum absolute atomic E-state index is 3.36. The van der Waals surface area contributed by atoms with Crippen molar-refractivity contribution < 1.29 is 0 Å². The molecule has 0 radical (unpaired) electrons. The molecular weight excluding hydrogens is 328 g/mol. The minimum atomic E-state index is 0.136. The van der Waals surface area contributed by atoms with Crippen LogP contribution < -0.4 is 10.6 Å². The summed E-state index contributed by atoms with van der Waals surface area (Å²) in [6.07, 6.45) is 4.05. The maximum atomic E-state index is 3.36. The van der Waals surface area contributed by atoms with Gasteiger partial charge in [0.25, 0.3) is 0 Å². The molecule has 0 spiro atoms. The van der Waals surface area contributed by atoms with E-state index in [4.69, 9.17) is 0 Å². The van der Waals surface area contributed by atoms with Gasteiger partial charge >= 0.3 is 0 Å². The fourth-order valence-corrected chi connectivity index (χ4v) is 4.37. The minimum Gasteiger partial charge on any atom is -0.366 e. The van der Waals surface area contributed by atoms with Crippen molar-refractivity contribution in [2.45, 2.75) is 6.17 Å². The number of fused-ring (bicyclic) bond motifs is 7. The van der Waals surface area contributed by atoms with Crippen LogP contribution in [-0.4, -0.2) is 0 Å². The van der Waals surface area contributed by atoms with E-state index in [1.807, 2.05) is 12.4 Å². The van der Waals surface area contributed by atoms with Crippen LogP contribution in [0.2, 0.25) is 0 Å². The van der Waals surface area contributed by atoms with Crippen LogP contribution in [0, 0.1) is 0 Å². The maximum Gasteiger partial charge on any atom is 0.122 e. The van der Waals surface area contributed by atoms with E-state index in [9.17, 15) is 0 Å². The zero-order chi connectivity index (χ0) is 17.8. The van der Waals surface area contributed by atoms with Gasteiger partial charge in [-0.15, -0.1) is 0 Å². The second-order valence-corrected chi connectivity index (χ2v) is 7.19. The summed E-state index contributed by atoms with van der Waals surface area (Å²) < 4.78 is 0. The van der Waals surface area contributed by atoms with Gasteiger partial charge in [-0.05, 0) is 54.7 Å². The lowest BCUT2D eigenvalue weighted by Crippen LogP contribution is -2.20. The van der Waals surface area contributed by atoms with Crippen molar-refractivity contribution >= 4 is 43.1 Å². The van der Waals surface area contributed by atoms with Crippen molar-refractivity contribution in [1.82, 2.24) is 10.6 Å². The number of rotatable bonds is 1. The minimum absolute atomic E-state index is 0.136. The fraction of sp³-hybridized carbons (Fsp3) is 0.0400. The monoisotopic (exact) mass is 346 g/mol. The molecule has 0 atom stereocenters. The first-order valence-electron chi connectivity index (χ1n) is 9.32. The van der Waals surface area contributed by atoms with E-state index < -0.39 is 0 Å². The van der Waals surface area contributed by atoms with Gasteiger partial charge in [0.2, 0.25) is 0 Å². The van der Waals surface area contributed by atoms with E-state index in [2.05, 4.69) is 89.5 Å². The predicted molar refractivity (Wildman–Crippen MR) is 115 cm³/mol. The number of nitrogens with one attached hydrogen (secondary N) is 2. The van der Waals surface area contributed by atoms with E-state index in [0.717, 1.165) is 0 Å². The summed E-state index contributed by atoms with van der Waals surface area (Å²) in [5.74, 6) is 0. The van der Waals surface area contributed by atoms with Crippen LogP contribution in [-0.2, 0) is 0 Å². The molecule has 6 rings (SSSR count). The normalized spacial score (nSPS) is 14.2. The zero-order valence-electron chi connectivity index (χ0n) is 14.7. The average molecular weight is 346 g/mol. The van der Waals surface area contributed by atoms with E-state index in [1.165, 1.54) is 48.7 Å². The van der Waals surface area contributed by atoms with Gasteiger partial charge in [0.15, 0.2) is 0 Å². The number of hydrogen-bond acceptors (Lipinski definition) is 2. The van der Waals surface area contributed by atoms with E-state index >= 15 is 0 Å². The van der Waals surface area contributed by atoms with E-state index in [-0.39, 0.29) is 6.17 Å². The SMILES string of the molecule is C1=CNC(c2ccc3ccc4ccc5ccc6ccccc6c5c4c3c2)N1. The lowest BCUT2D eigenvalue weighted by atomic mass is 9.92. The second kappa shape index (κ2) is 5.49. The van der Waals surface area contributed by atoms with Gasteiger partial charge in [0, 0.05) is 12.4 Å². The van der Waals surface area contributed by atoms with Gasteiger partial charge in [-0.1, -0.05) is 72.8 Å². The smallest absolute Gasteiger partial charge is 0.122 e. The standard InChI is InChI=1S/C25H18N2/c1-2-4-21-16(3-1)5-8-18-10-11-19-9-6-17-7-12-20(25-26-13-14-27-25)15-22(17)24(19)23(18)21/h1-15,25-27H. The van der Waals surface area contributed by atoms with Crippen molar-refractivity contribution in [2.75, 3.05) is 0 Å². The van der Waals surface area contributed by atoms with Gasteiger partial charge in [-0.25, -0.2) is 0 Å². The highest BCUT2D eigenvalue weighted by Gasteiger charge is 2.14. The third kappa shape index (κ3) is 2.13. The summed E-state index contributed by atoms with van der Waals surface area (Å²) in [4.78, 5) is 0. The predicted octanol–water partition coefficient (Wildman–Crippen LogP) is 5.96. The Morgan fingerprint density at radius 3 is 1.81 bits per heavy atom. The topological polar surface area (TPSA) is 24.1 Å². The highest BCUT2D eigenvalue weighted by atomic mass is 15.1. The first kappa shape index (κ1) is 14.6. The highest BCUT2D eigenvalue weighted by molar-refractivity contribution is 6.27. The largest absolute Gasteiger partial charge is 0.366 e. The molecule has 1 heterocycles. The summed E-state index contributed by atoms with van der Waals surface area (Å²) in [7, 11) is 0. The second-order valence-electron chi connectivity index (χ2n) is 7.19. The van der Waals surface area contributed by atoms with Crippen LogP contribution >= 0.6 is 0 Å². The Bertz CT molecular complexity index is 1360. The highest BCUT2D eigenvalue weighted by Crippen LogP contribution is 2.37. The van der Waals surface area contributed by atoms with Crippen molar-refractivity contribution in [2.24, 2.45) is 0 Å². The molecule has 0 unspecified atom stereocenters. The summed E-state index contributed by atoms with van der Waals surface area (Å²) in [6, 6.07) is 28.9. The fourth-order valence-electron chi connectivity index (χ4n) is 4.37. The van der Waals surface area contributed by atoms with Gasteiger partial charge in [0.1, 0.15) is 6.17 Å². The number of hydrogen-bond donors (Lipinski definition) is 2. The summed E-state index contributed by atoms with van der Waals surface area (Å²) in [5.41, 5.74) is 1.25. The molecule has 5 aromatic rings. The van der Waals surface area contributed by atoms with Crippen molar-refractivity contribution in [3.05, 3.63) is 96.8 Å². The van der Waals surface area contributed by atoms with E-state index in [1.54, 1.807) is 0 Å². The molecule has 27 heavy (non-hydrogen) atoms. The molecule has 0 aromatic heterocycles. The molecular formula is C25H18N2. The Kier molecular flexibility index (Phi) is 2.97. The van der Waals surface area contributed by atoms with Gasteiger partial charge in [-0.3, -0.25) is 0 Å². The van der Waals surface area contributed by atoms with Gasteiger partial charge in [-0.2, -0.15) is 0 Å². The Morgan fingerprint density at radius 1 is 0.519 bits per heavy atom. The first-order valence-corrected chi connectivity index (χ1v) is 9.32. The molecule has 0 saturated heterocycles. The molecule has 2 nitrogen and oxygen atoms in total. The molecule has 1 aliphatic heterocycles. The van der Waals surface area contributed by atoms with Crippen molar-refractivity contribution in [1.29, 1.82) is 0 Å². The molecule has 128 valence electrons. The quantitative estimate of drug-likeness (QED) is 0.366. The van der Waals surface area contributed by atoms with Crippen LogP contribution in [0.25, 0.3) is 43.1 Å². The Hall–Kier alpha value is -3.52. The molecule has 2 heteroatoms. The Morgan fingerprint density at radius 2 is 1.07 bits per heavy atom. The molecule has 1 aliphatic rings. The Balaban J connectivity index is 1.80. The van der Waals surface area contributed by atoms with Crippen LogP contribution in [0.1, 0.15) is 11.7 Å². The molecule has 0 aliphatic carbocycles. The van der Waals surface area contributed by atoms with Crippen LogP contribution in [0.5, 0.6) is 0 Å². The summed E-state index contributed by atoms with van der Waals surface area (Å²) in [6.45, 7) is 0. The Labute approximate surface area is 157 Å². The van der Waals surface area contributed by atoms with Gasteiger partial charge < -0.3 is 10.6 Å². The van der Waals surface area contributed by atoms with Crippen LogP contribution in [0.3, 0.4) is 0 Å². The summed E-state index contributed by atoms with van der Waals surface area (Å²) >= 11 is 0.